The highest BCUT2D eigenvalue weighted by Crippen LogP contribution is 2.22. The second-order valence-corrected chi connectivity index (χ2v) is 5.89. The molecule has 1 aliphatic heterocycles. The summed E-state index contributed by atoms with van der Waals surface area (Å²) in [5.74, 6) is 1.80. The lowest BCUT2D eigenvalue weighted by Crippen LogP contribution is -2.43. The fourth-order valence-corrected chi connectivity index (χ4v) is 2.78. The monoisotopic (exact) mass is 316 g/mol. The van der Waals surface area contributed by atoms with Gasteiger partial charge in [-0.2, -0.15) is 0 Å². The van der Waals surface area contributed by atoms with Crippen LogP contribution in [0.15, 0.2) is 30.7 Å². The van der Waals surface area contributed by atoms with Crippen molar-refractivity contribution in [3.05, 3.63) is 36.5 Å². The minimum atomic E-state index is -0.273. The predicted molar refractivity (Wildman–Crippen MR) is 89.4 cm³/mol. The van der Waals surface area contributed by atoms with Crippen LogP contribution in [0.1, 0.15) is 12.8 Å². The molecule has 7 heteroatoms. The number of piperidine rings is 1. The topological polar surface area (TPSA) is 57.2 Å². The molecule has 0 radical (unpaired) electrons. The van der Waals surface area contributed by atoms with Gasteiger partial charge in [-0.3, -0.25) is 0 Å². The molecule has 1 aliphatic rings. The van der Waals surface area contributed by atoms with Crippen LogP contribution in [-0.2, 0) is 0 Å². The van der Waals surface area contributed by atoms with Crippen LogP contribution < -0.4 is 15.1 Å². The maximum atomic E-state index is 13.9. The molecule has 0 bridgehead atoms. The summed E-state index contributed by atoms with van der Waals surface area (Å²) in [7, 11) is 3.89. The number of anilines is 3. The van der Waals surface area contributed by atoms with E-state index < -0.39 is 0 Å². The first-order chi connectivity index (χ1) is 11.1. The highest BCUT2D eigenvalue weighted by atomic mass is 19.1. The molecule has 1 N–H and O–H groups in total. The van der Waals surface area contributed by atoms with E-state index in [1.165, 1.54) is 6.07 Å². The Morgan fingerprint density at radius 3 is 2.96 bits per heavy atom. The number of hydrogen-bond donors (Lipinski definition) is 1. The van der Waals surface area contributed by atoms with E-state index in [2.05, 4.69) is 20.3 Å². The third kappa shape index (κ3) is 3.67. The van der Waals surface area contributed by atoms with E-state index in [0.717, 1.165) is 31.0 Å². The summed E-state index contributed by atoms with van der Waals surface area (Å²) in [6, 6.07) is 5.19. The summed E-state index contributed by atoms with van der Waals surface area (Å²) in [5, 5.41) is 3.43. The SMILES string of the molecule is CN(C)c1cc(NC2CCCN(c3ncccc3F)C2)ncn1. The van der Waals surface area contributed by atoms with Crippen molar-refractivity contribution in [3.8, 4) is 0 Å². The Balaban J connectivity index is 1.70. The molecule has 0 saturated carbocycles. The lowest BCUT2D eigenvalue weighted by Gasteiger charge is -2.34. The van der Waals surface area contributed by atoms with Gasteiger partial charge in [0.05, 0.1) is 0 Å². The fraction of sp³-hybridized carbons (Fsp3) is 0.438. The van der Waals surface area contributed by atoms with E-state index in [0.29, 0.717) is 12.4 Å². The molecule has 1 fully saturated rings. The molecule has 0 aliphatic carbocycles. The Hall–Kier alpha value is -2.44. The first kappa shape index (κ1) is 15.5. The average molecular weight is 316 g/mol. The largest absolute Gasteiger partial charge is 0.365 e. The van der Waals surface area contributed by atoms with Gasteiger partial charge in [0.25, 0.3) is 0 Å². The summed E-state index contributed by atoms with van der Waals surface area (Å²) in [4.78, 5) is 16.6. The first-order valence-electron chi connectivity index (χ1n) is 7.75. The molecule has 6 nitrogen and oxygen atoms in total. The van der Waals surface area contributed by atoms with Crippen LogP contribution in [-0.4, -0.2) is 48.2 Å². The molecule has 1 unspecified atom stereocenters. The summed E-state index contributed by atoms with van der Waals surface area (Å²) < 4.78 is 13.9. The lowest BCUT2D eigenvalue weighted by atomic mass is 10.1. The maximum Gasteiger partial charge on any atom is 0.165 e. The van der Waals surface area contributed by atoms with Gasteiger partial charge in [-0.05, 0) is 25.0 Å². The van der Waals surface area contributed by atoms with Crippen molar-refractivity contribution in [3.63, 3.8) is 0 Å². The molecule has 23 heavy (non-hydrogen) atoms. The number of nitrogens with zero attached hydrogens (tertiary/aromatic N) is 5. The fourth-order valence-electron chi connectivity index (χ4n) is 2.78. The Morgan fingerprint density at radius 1 is 1.30 bits per heavy atom. The van der Waals surface area contributed by atoms with E-state index in [1.54, 1.807) is 18.6 Å². The summed E-state index contributed by atoms with van der Waals surface area (Å²) >= 11 is 0. The van der Waals surface area contributed by atoms with Crippen molar-refractivity contribution in [1.29, 1.82) is 0 Å². The van der Waals surface area contributed by atoms with Crippen molar-refractivity contribution < 1.29 is 4.39 Å². The number of halogens is 1. The minimum absolute atomic E-state index is 0.204. The average Bonchev–Trinajstić information content (AvgIpc) is 2.56. The zero-order valence-electron chi connectivity index (χ0n) is 13.4. The van der Waals surface area contributed by atoms with Crippen LogP contribution in [0.2, 0.25) is 0 Å². The van der Waals surface area contributed by atoms with Crippen molar-refractivity contribution in [2.45, 2.75) is 18.9 Å². The zero-order chi connectivity index (χ0) is 16.2. The van der Waals surface area contributed by atoms with Crippen molar-refractivity contribution in [1.82, 2.24) is 15.0 Å². The molecule has 3 heterocycles. The zero-order valence-corrected chi connectivity index (χ0v) is 13.4. The molecule has 1 atom stereocenters. The van der Waals surface area contributed by atoms with Gasteiger partial charge in [0, 0.05) is 45.5 Å². The van der Waals surface area contributed by atoms with Gasteiger partial charge in [0.15, 0.2) is 11.6 Å². The summed E-state index contributed by atoms with van der Waals surface area (Å²) in [5.41, 5.74) is 0. The van der Waals surface area contributed by atoms with E-state index in [4.69, 9.17) is 0 Å². The van der Waals surface area contributed by atoms with Crippen molar-refractivity contribution in [2.75, 3.05) is 42.3 Å². The summed E-state index contributed by atoms with van der Waals surface area (Å²) in [6.07, 6.45) is 5.19. The number of pyridine rings is 1. The smallest absolute Gasteiger partial charge is 0.165 e. The molecule has 122 valence electrons. The van der Waals surface area contributed by atoms with Crippen LogP contribution in [0, 0.1) is 5.82 Å². The number of aromatic nitrogens is 3. The van der Waals surface area contributed by atoms with Crippen molar-refractivity contribution >= 4 is 17.5 Å². The van der Waals surface area contributed by atoms with E-state index in [9.17, 15) is 4.39 Å². The Kier molecular flexibility index (Phi) is 4.55. The highest BCUT2D eigenvalue weighted by Gasteiger charge is 2.23. The normalized spacial score (nSPS) is 17.9. The van der Waals surface area contributed by atoms with Gasteiger partial charge in [-0.15, -0.1) is 0 Å². The first-order valence-corrected chi connectivity index (χ1v) is 7.75. The van der Waals surface area contributed by atoms with Gasteiger partial charge in [0.1, 0.15) is 18.0 Å². The van der Waals surface area contributed by atoms with Gasteiger partial charge >= 0.3 is 0 Å². The molecule has 0 spiro atoms. The maximum absolute atomic E-state index is 13.9. The molecule has 1 saturated heterocycles. The number of rotatable bonds is 4. The standard InChI is InChI=1S/C16H21FN6/c1-22(2)15-9-14(19-11-20-15)21-12-5-4-8-23(10-12)16-13(17)6-3-7-18-16/h3,6-7,9,11-12H,4-5,8,10H2,1-2H3,(H,19,20,21). The second kappa shape index (κ2) is 6.76. The second-order valence-electron chi connectivity index (χ2n) is 5.89. The number of hydrogen-bond acceptors (Lipinski definition) is 6. The van der Waals surface area contributed by atoms with E-state index >= 15 is 0 Å². The molecule has 2 aromatic heterocycles. The lowest BCUT2D eigenvalue weighted by molar-refractivity contribution is 0.513. The molecule has 0 amide bonds. The molecular weight excluding hydrogens is 295 g/mol. The van der Waals surface area contributed by atoms with Gasteiger partial charge in [-0.25, -0.2) is 19.3 Å². The molecule has 3 rings (SSSR count). The Morgan fingerprint density at radius 2 is 2.17 bits per heavy atom. The van der Waals surface area contributed by atoms with Gasteiger partial charge in [0.2, 0.25) is 0 Å². The third-order valence-corrected chi connectivity index (χ3v) is 3.92. The van der Waals surface area contributed by atoms with Crippen molar-refractivity contribution in [2.24, 2.45) is 0 Å². The molecule has 0 aromatic carbocycles. The van der Waals surface area contributed by atoms with Gasteiger partial charge < -0.3 is 15.1 Å². The predicted octanol–water partition coefficient (Wildman–Crippen LogP) is 2.16. The Bertz CT molecular complexity index is 663. The van der Waals surface area contributed by atoms with Crippen LogP contribution in [0.5, 0.6) is 0 Å². The Labute approximate surface area is 135 Å². The minimum Gasteiger partial charge on any atom is -0.365 e. The molecule has 2 aromatic rings. The van der Waals surface area contributed by atoms with E-state index in [-0.39, 0.29) is 11.9 Å². The van der Waals surface area contributed by atoms with Crippen LogP contribution in [0.3, 0.4) is 0 Å². The van der Waals surface area contributed by atoms with Gasteiger partial charge in [-0.1, -0.05) is 0 Å². The third-order valence-electron chi connectivity index (χ3n) is 3.92. The van der Waals surface area contributed by atoms with E-state index in [1.807, 2.05) is 30.0 Å². The van der Waals surface area contributed by atoms with Crippen LogP contribution >= 0.6 is 0 Å². The quantitative estimate of drug-likeness (QED) is 0.933. The van der Waals surface area contributed by atoms with Crippen LogP contribution in [0.4, 0.5) is 21.8 Å². The van der Waals surface area contributed by atoms with Crippen LogP contribution in [0.25, 0.3) is 0 Å². The highest BCUT2D eigenvalue weighted by molar-refractivity contribution is 5.49. The number of nitrogens with one attached hydrogen (secondary N) is 1. The summed E-state index contributed by atoms with van der Waals surface area (Å²) in [6.45, 7) is 1.52. The molecular formula is C16H21FN6.